The van der Waals surface area contributed by atoms with E-state index in [2.05, 4.69) is 24.1 Å². The van der Waals surface area contributed by atoms with E-state index in [1.54, 1.807) is 11.0 Å². The van der Waals surface area contributed by atoms with Gasteiger partial charge >= 0.3 is 0 Å². The summed E-state index contributed by atoms with van der Waals surface area (Å²) in [6.07, 6.45) is 3.84. The number of carbonyl (C=O) groups excluding carboxylic acids is 2. The molecule has 1 saturated carbocycles. The van der Waals surface area contributed by atoms with Gasteiger partial charge in [0.2, 0.25) is 11.8 Å². The molecule has 3 rings (SSSR count). The van der Waals surface area contributed by atoms with Gasteiger partial charge in [0.05, 0.1) is 22.6 Å². The summed E-state index contributed by atoms with van der Waals surface area (Å²) in [4.78, 5) is 26.9. The number of azo groups is 1. The number of carbonyl (C=O) groups is 2. The molecular formula is C25H34F2N4O2. The number of halogens is 2. The molecule has 6 nitrogen and oxygen atoms in total. The molecule has 1 aliphatic carbocycles. The molecule has 1 aliphatic heterocycles. The lowest BCUT2D eigenvalue weighted by Gasteiger charge is -2.44. The fraction of sp³-hybridized carbons (Fsp3) is 0.600. The topological polar surface area (TPSA) is 88.1 Å². The molecule has 33 heavy (non-hydrogen) atoms. The Balaban J connectivity index is 1.88. The zero-order valence-electron chi connectivity index (χ0n) is 20.1. The molecular weight excluding hydrogens is 426 g/mol. The van der Waals surface area contributed by atoms with Crippen molar-refractivity contribution in [2.24, 2.45) is 44.5 Å². The van der Waals surface area contributed by atoms with Crippen LogP contribution in [0.25, 0.3) is 5.70 Å². The van der Waals surface area contributed by atoms with Gasteiger partial charge < -0.3 is 10.6 Å². The molecule has 1 aromatic rings. The molecule has 0 spiro atoms. The van der Waals surface area contributed by atoms with Gasteiger partial charge in [-0.25, -0.2) is 8.78 Å². The van der Waals surface area contributed by atoms with E-state index >= 15 is 0 Å². The van der Waals surface area contributed by atoms with Crippen molar-refractivity contribution in [3.8, 4) is 0 Å². The third kappa shape index (κ3) is 4.44. The minimum atomic E-state index is -0.690. The molecule has 0 radical (unpaired) electrons. The third-order valence-electron chi connectivity index (χ3n) is 8.14. The zero-order valence-corrected chi connectivity index (χ0v) is 20.1. The molecule has 2 aliphatic rings. The van der Waals surface area contributed by atoms with Crippen LogP contribution < -0.4 is 5.73 Å². The van der Waals surface area contributed by atoms with Crippen molar-refractivity contribution in [1.82, 2.24) is 4.90 Å². The molecule has 2 fully saturated rings. The summed E-state index contributed by atoms with van der Waals surface area (Å²) in [6.45, 7) is 9.05. The smallest absolute Gasteiger partial charge is 0.229 e. The maximum Gasteiger partial charge on any atom is 0.229 e. The summed E-state index contributed by atoms with van der Waals surface area (Å²) >= 11 is 0. The second kappa shape index (κ2) is 9.31. The molecule has 4 atom stereocenters. The monoisotopic (exact) mass is 460 g/mol. The number of rotatable bonds is 6. The van der Waals surface area contributed by atoms with Gasteiger partial charge in [-0.15, -0.1) is 0 Å². The molecule has 0 bridgehead atoms. The number of nitrogens with zero attached hydrogens (tertiary/aromatic N) is 3. The standard InChI is InChI=1S/C25H34F2N4O2/c1-15(13-20(30-29-5)21-18(26)7-6-8-19(21)27)17-9-11-25(4,24(17,2)3)23(33)31-12-10-16(14-31)22(28)32/h6-8,13,15-17H,9-12,14H2,1-5H3,(H2,28,32)/b20-13-,30-29?/t15?,16?,17?,25-/m1/s1. The van der Waals surface area contributed by atoms with Crippen LogP contribution in [0, 0.1) is 40.2 Å². The third-order valence-corrected chi connectivity index (χ3v) is 8.14. The van der Waals surface area contributed by atoms with E-state index in [4.69, 9.17) is 5.73 Å². The molecule has 0 aromatic heterocycles. The highest BCUT2D eigenvalue weighted by Gasteiger charge is 2.58. The van der Waals surface area contributed by atoms with Crippen molar-refractivity contribution in [2.45, 2.75) is 47.0 Å². The lowest BCUT2D eigenvalue weighted by Crippen LogP contribution is -2.49. The van der Waals surface area contributed by atoms with E-state index in [1.165, 1.54) is 25.2 Å². The minimum absolute atomic E-state index is 0.0450. The molecule has 1 saturated heterocycles. The van der Waals surface area contributed by atoms with E-state index in [1.807, 2.05) is 13.8 Å². The Bertz CT molecular complexity index is 970. The summed E-state index contributed by atoms with van der Waals surface area (Å²) < 4.78 is 28.9. The van der Waals surface area contributed by atoms with Gasteiger partial charge in [0, 0.05) is 20.1 Å². The summed E-state index contributed by atoms with van der Waals surface area (Å²) in [6, 6.07) is 3.72. The van der Waals surface area contributed by atoms with Crippen LogP contribution in [0.1, 0.15) is 52.5 Å². The summed E-state index contributed by atoms with van der Waals surface area (Å²) in [5.41, 5.74) is 4.39. The quantitative estimate of drug-likeness (QED) is 0.618. The van der Waals surface area contributed by atoms with Crippen LogP contribution >= 0.6 is 0 Å². The number of hydrogen-bond acceptors (Lipinski definition) is 4. The largest absolute Gasteiger partial charge is 0.369 e. The fourth-order valence-corrected chi connectivity index (χ4v) is 5.75. The van der Waals surface area contributed by atoms with Crippen LogP contribution in [-0.4, -0.2) is 36.9 Å². The number of hydrogen-bond donors (Lipinski definition) is 1. The normalized spacial score (nSPS) is 28.5. The van der Waals surface area contributed by atoms with Crippen molar-refractivity contribution in [2.75, 3.05) is 20.1 Å². The lowest BCUT2D eigenvalue weighted by molar-refractivity contribution is -0.146. The van der Waals surface area contributed by atoms with Gasteiger partial charge in [0.15, 0.2) is 0 Å². The van der Waals surface area contributed by atoms with Crippen molar-refractivity contribution in [1.29, 1.82) is 0 Å². The Morgan fingerprint density at radius 1 is 1.21 bits per heavy atom. The second-order valence-electron chi connectivity index (χ2n) is 10.1. The van der Waals surface area contributed by atoms with E-state index in [9.17, 15) is 18.4 Å². The number of primary amides is 1. The first-order chi connectivity index (χ1) is 15.4. The highest BCUT2D eigenvalue weighted by molar-refractivity contribution is 5.85. The van der Waals surface area contributed by atoms with Gasteiger partial charge in [-0.05, 0) is 48.6 Å². The first-order valence-electron chi connectivity index (χ1n) is 11.5. The fourth-order valence-electron chi connectivity index (χ4n) is 5.75. The Morgan fingerprint density at radius 2 is 1.85 bits per heavy atom. The highest BCUT2D eigenvalue weighted by atomic mass is 19.1. The molecule has 2 amide bonds. The van der Waals surface area contributed by atoms with Crippen LogP contribution in [0.2, 0.25) is 0 Å². The number of likely N-dealkylation sites (tertiary alicyclic amines) is 1. The SMILES string of the molecule is CN=N/C(=C\C(C)C1CC[C@](C)(C(=O)N2CCC(C(N)=O)C2)C1(C)C)c1c(F)cccc1F. The Labute approximate surface area is 194 Å². The van der Waals surface area contributed by atoms with Crippen LogP contribution in [0.3, 0.4) is 0 Å². The van der Waals surface area contributed by atoms with Gasteiger partial charge in [0.25, 0.3) is 0 Å². The number of amides is 2. The van der Waals surface area contributed by atoms with Crippen molar-refractivity contribution < 1.29 is 18.4 Å². The van der Waals surface area contributed by atoms with Gasteiger partial charge in [-0.1, -0.05) is 39.8 Å². The summed E-state index contributed by atoms with van der Waals surface area (Å²) in [7, 11) is 1.46. The number of allylic oxidation sites excluding steroid dienone is 1. The number of benzene rings is 1. The Kier molecular flexibility index (Phi) is 7.05. The Morgan fingerprint density at radius 3 is 2.39 bits per heavy atom. The van der Waals surface area contributed by atoms with Gasteiger partial charge in [-0.3, -0.25) is 9.59 Å². The predicted octanol–water partition coefficient (Wildman–Crippen LogP) is 4.80. The van der Waals surface area contributed by atoms with Crippen LogP contribution in [0.15, 0.2) is 34.5 Å². The van der Waals surface area contributed by atoms with Crippen LogP contribution in [0.4, 0.5) is 8.78 Å². The van der Waals surface area contributed by atoms with Crippen molar-refractivity contribution in [3.05, 3.63) is 41.5 Å². The van der Waals surface area contributed by atoms with Crippen LogP contribution in [-0.2, 0) is 9.59 Å². The Hall–Kier alpha value is -2.64. The highest BCUT2D eigenvalue weighted by Crippen LogP contribution is 2.59. The average molecular weight is 461 g/mol. The summed E-state index contributed by atoms with van der Waals surface area (Å²) in [5.74, 6) is -2.02. The zero-order chi connectivity index (χ0) is 24.6. The maximum atomic E-state index is 14.4. The first kappa shape index (κ1) is 25.0. The molecule has 180 valence electrons. The number of nitrogens with two attached hydrogens (primary N) is 1. The molecule has 2 N–H and O–H groups in total. The van der Waals surface area contributed by atoms with E-state index in [0.717, 1.165) is 6.42 Å². The van der Waals surface area contributed by atoms with Crippen molar-refractivity contribution >= 4 is 17.5 Å². The van der Waals surface area contributed by atoms with E-state index in [-0.39, 0.29) is 40.8 Å². The molecule has 1 heterocycles. The summed E-state index contributed by atoms with van der Waals surface area (Å²) in [5, 5.41) is 7.79. The van der Waals surface area contributed by atoms with Gasteiger partial charge in [0.1, 0.15) is 11.6 Å². The van der Waals surface area contributed by atoms with Crippen LogP contribution in [0.5, 0.6) is 0 Å². The second-order valence-corrected chi connectivity index (χ2v) is 10.1. The first-order valence-corrected chi connectivity index (χ1v) is 11.5. The lowest BCUT2D eigenvalue weighted by atomic mass is 9.62. The minimum Gasteiger partial charge on any atom is -0.369 e. The molecule has 3 unspecified atom stereocenters. The predicted molar refractivity (Wildman–Crippen MR) is 123 cm³/mol. The molecule has 1 aromatic carbocycles. The van der Waals surface area contributed by atoms with Gasteiger partial charge in [-0.2, -0.15) is 10.2 Å². The maximum absolute atomic E-state index is 14.4. The average Bonchev–Trinajstić information content (AvgIpc) is 3.31. The van der Waals surface area contributed by atoms with Crippen molar-refractivity contribution in [3.63, 3.8) is 0 Å². The van der Waals surface area contributed by atoms with E-state index < -0.39 is 22.5 Å². The molecule has 8 heteroatoms. The van der Waals surface area contributed by atoms with E-state index in [0.29, 0.717) is 25.9 Å².